The first-order chi connectivity index (χ1) is 30.4. The highest BCUT2D eigenvalue weighted by Gasteiger charge is 2.29. The number of rotatable bonds is 12. The number of carbonyl (C=O) groups is 2. The summed E-state index contributed by atoms with van der Waals surface area (Å²) >= 11 is 28.8. The van der Waals surface area contributed by atoms with E-state index in [1.807, 2.05) is 55.6 Å². The van der Waals surface area contributed by atoms with Gasteiger partial charge in [0.1, 0.15) is 19.3 Å². The summed E-state index contributed by atoms with van der Waals surface area (Å²) in [5, 5.41) is 12.5. The lowest BCUT2D eigenvalue weighted by atomic mass is 9.85. The van der Waals surface area contributed by atoms with Crippen molar-refractivity contribution in [3.63, 3.8) is 0 Å². The van der Waals surface area contributed by atoms with Gasteiger partial charge in [-0.1, -0.05) is 97.7 Å². The minimum atomic E-state index is -4.29. The van der Waals surface area contributed by atoms with Gasteiger partial charge < -0.3 is 49.9 Å². The predicted octanol–water partition coefficient (Wildman–Crippen LogP) is 12.6. The van der Waals surface area contributed by atoms with Gasteiger partial charge in [-0.15, -0.1) is 15.3 Å². The number of carbonyl (C=O) groups excluding carboxylic acids is 2. The predicted molar refractivity (Wildman–Crippen MR) is 278 cm³/mol. The Morgan fingerprint density at radius 1 is 0.697 bits per heavy atom. The Morgan fingerprint density at radius 3 is 1.38 bits per heavy atom. The van der Waals surface area contributed by atoms with Gasteiger partial charge in [0.2, 0.25) is 0 Å². The maximum absolute atomic E-state index is 12.5. The third-order valence-corrected chi connectivity index (χ3v) is 13.2. The average molecular weight is 1110 g/mol. The molecule has 4 amide bonds. The van der Waals surface area contributed by atoms with Crippen LogP contribution in [-0.2, 0) is 31.3 Å². The second-order valence-electron chi connectivity index (χ2n) is 16.4. The first-order valence-electron chi connectivity index (χ1n) is 20.6. The average Bonchev–Trinajstić information content (AvgIpc) is 3.20. The number of hydrogen-bond acceptors (Lipinski definition) is 8. The highest BCUT2D eigenvalue weighted by atomic mass is 79.9. The maximum atomic E-state index is 12.5. The molecule has 0 aliphatic carbocycles. The number of hydrogen-bond donors (Lipinski definition) is 6. The minimum absolute atomic E-state index is 0. The molecule has 66 heavy (non-hydrogen) atoms. The number of fused-ring (bicyclic) bond motifs is 2. The van der Waals surface area contributed by atoms with Crippen LogP contribution in [0.3, 0.4) is 0 Å². The summed E-state index contributed by atoms with van der Waals surface area (Å²) in [6.07, 6.45) is -0.922. The van der Waals surface area contributed by atoms with E-state index in [9.17, 15) is 18.7 Å². The normalized spacial score (nSPS) is 16.2. The molecular weight excluding hydrogens is 1050 g/mol. The number of likely N-dealkylation sites (N-methyl/N-ethyl adjacent to an activating group) is 2. The summed E-state index contributed by atoms with van der Waals surface area (Å²) in [5.74, 6) is 0.202. The molecule has 0 fully saturated rings. The van der Waals surface area contributed by atoms with Crippen molar-refractivity contribution in [2.45, 2.75) is 65.8 Å². The van der Waals surface area contributed by atoms with Crippen molar-refractivity contribution < 1.29 is 37.6 Å². The standard InChI is InChI=1S/C22H28Cl2N3O4P.C18H20Cl2N3O4P.C3H9BrSi.CH4/c1-4-30-32(29,31-5-2)14-25-22(28)26-17-8-6-15(7-9-17)19-12-27(3)13-20-18(19)10-16(23)11-21(20)24;1-23-8-15(14-6-12(19)7-17(20)16(14)9-23)11-2-4-13(5-3-11)22-18(24)21-10-28(25,26)27;1-5(2,3)4;/h6-11,19H,4-5,12-14H2,1-3H3,(H2,25,26,28);2-7,15H,8-10H2,1H3,(H2,21,22,24)(H2,25,26,27);1-3H3;1H4. The Morgan fingerprint density at radius 2 is 1.05 bits per heavy atom. The second kappa shape index (κ2) is 25.9. The summed E-state index contributed by atoms with van der Waals surface area (Å²) in [6, 6.07) is 21.2. The van der Waals surface area contributed by atoms with E-state index in [1.54, 1.807) is 38.1 Å². The van der Waals surface area contributed by atoms with Crippen LogP contribution >= 0.6 is 76.9 Å². The SMILES string of the molecule is C.CCOP(=O)(CNC(=O)Nc1ccc(C2CN(C)Cc3c(Cl)cc(Cl)cc32)cc1)OCC.CN1Cc2c(Cl)cc(Cl)cc2C(c2ccc(NC(=O)NCP(=O)(O)O)cc2)C1.C[Si](C)(C)Br. The van der Waals surface area contributed by atoms with Crippen LogP contribution in [0.25, 0.3) is 0 Å². The van der Waals surface area contributed by atoms with Crippen molar-refractivity contribution in [2.75, 3.05) is 63.6 Å². The lowest BCUT2D eigenvalue weighted by molar-refractivity contribution is 0.216. The van der Waals surface area contributed by atoms with Gasteiger partial charge in [0.05, 0.1) is 13.2 Å². The Kier molecular flexibility index (Phi) is 22.7. The van der Waals surface area contributed by atoms with Crippen LogP contribution in [0.15, 0.2) is 72.8 Å². The van der Waals surface area contributed by atoms with Crippen LogP contribution in [-0.4, -0.2) is 91.3 Å². The van der Waals surface area contributed by atoms with Gasteiger partial charge in [-0.25, -0.2) is 9.59 Å². The molecule has 2 unspecified atom stereocenters. The van der Waals surface area contributed by atoms with E-state index < -0.39 is 40.2 Å². The van der Waals surface area contributed by atoms with Gasteiger partial charge >= 0.3 is 27.3 Å². The number of halogens is 5. The molecule has 364 valence electrons. The zero-order valence-electron chi connectivity index (χ0n) is 37.3. The van der Waals surface area contributed by atoms with E-state index >= 15 is 0 Å². The van der Waals surface area contributed by atoms with Gasteiger partial charge in [-0.2, -0.15) is 0 Å². The number of benzene rings is 4. The summed E-state index contributed by atoms with van der Waals surface area (Å²) in [5.41, 5.74) is 7.64. The minimum Gasteiger partial charge on any atom is -0.326 e. The molecule has 0 saturated carbocycles. The molecule has 14 nitrogen and oxygen atoms in total. The zero-order valence-corrected chi connectivity index (χ0v) is 44.7. The molecule has 0 saturated heterocycles. The number of anilines is 2. The van der Waals surface area contributed by atoms with Gasteiger partial charge in [0.15, 0.2) is 0 Å². The lowest BCUT2D eigenvalue weighted by Gasteiger charge is -2.33. The van der Waals surface area contributed by atoms with Gasteiger partial charge in [0, 0.05) is 69.5 Å². The Bertz CT molecular complexity index is 2350. The summed E-state index contributed by atoms with van der Waals surface area (Å²) in [4.78, 5) is 46.0. The number of urea groups is 2. The quantitative estimate of drug-likeness (QED) is 0.0454. The van der Waals surface area contributed by atoms with Crippen molar-refractivity contribution in [3.8, 4) is 0 Å². The monoisotopic (exact) mass is 1110 g/mol. The van der Waals surface area contributed by atoms with E-state index in [-0.39, 0.29) is 38.8 Å². The topological polar surface area (TPSA) is 182 Å². The number of nitrogens with one attached hydrogen (secondary N) is 4. The molecule has 2 aliphatic heterocycles. The van der Waals surface area contributed by atoms with Crippen LogP contribution in [0.1, 0.15) is 66.5 Å². The molecule has 0 spiro atoms. The lowest BCUT2D eigenvalue weighted by Crippen LogP contribution is -2.31. The zero-order chi connectivity index (χ0) is 48.3. The number of amides is 4. The summed E-state index contributed by atoms with van der Waals surface area (Å²) < 4.78 is 33.6. The molecule has 0 aromatic heterocycles. The Hall–Kier alpha value is -2.50. The van der Waals surface area contributed by atoms with E-state index in [0.29, 0.717) is 31.5 Å². The second-order valence-corrected chi connectivity index (χ2v) is 33.1. The molecule has 2 aliphatic rings. The van der Waals surface area contributed by atoms with Crippen LogP contribution in [0.2, 0.25) is 39.7 Å². The largest absolute Gasteiger partial charge is 0.349 e. The van der Waals surface area contributed by atoms with Crippen LogP contribution in [0, 0.1) is 0 Å². The van der Waals surface area contributed by atoms with Gasteiger partial charge in [-0.05, 0) is 110 Å². The summed E-state index contributed by atoms with van der Waals surface area (Å²) in [7, 11) is -3.55. The van der Waals surface area contributed by atoms with Crippen molar-refractivity contribution in [2.24, 2.45) is 0 Å². The van der Waals surface area contributed by atoms with Crippen LogP contribution < -0.4 is 21.3 Å². The molecule has 6 N–H and O–H groups in total. The maximum Gasteiger partial charge on any atom is 0.349 e. The van der Waals surface area contributed by atoms with E-state index in [2.05, 4.69) is 73.0 Å². The number of nitrogens with zero attached hydrogens (tertiary/aromatic N) is 2. The smallest absolute Gasteiger partial charge is 0.326 e. The molecule has 4 aromatic rings. The van der Waals surface area contributed by atoms with E-state index in [0.717, 1.165) is 59.6 Å². The van der Waals surface area contributed by atoms with Crippen LogP contribution in [0.5, 0.6) is 0 Å². The Labute approximate surface area is 418 Å². The molecule has 2 atom stereocenters. The fraction of sp³-hybridized carbons (Fsp3) is 0.409. The molecule has 22 heteroatoms. The third-order valence-electron chi connectivity index (χ3n) is 9.66. The van der Waals surface area contributed by atoms with Crippen LogP contribution in [0.4, 0.5) is 21.0 Å². The van der Waals surface area contributed by atoms with Crippen molar-refractivity contribution in [3.05, 3.63) is 126 Å². The fourth-order valence-corrected chi connectivity index (χ4v) is 9.94. The fourth-order valence-electron chi connectivity index (χ4n) is 7.07. The molecular formula is C44H61BrCl4N6O8P2Si. The highest BCUT2D eigenvalue weighted by molar-refractivity contribution is 9.26. The molecule has 0 radical (unpaired) electrons. The van der Waals surface area contributed by atoms with E-state index in [4.69, 9.17) is 65.2 Å². The molecule has 6 rings (SSSR count). The van der Waals surface area contributed by atoms with Crippen molar-refractivity contribution >= 4 is 107 Å². The molecule has 4 aromatic carbocycles. The third kappa shape index (κ3) is 18.8. The first kappa shape index (κ1) is 57.8. The molecule has 0 bridgehead atoms. The van der Waals surface area contributed by atoms with Gasteiger partial charge in [-0.3, -0.25) is 9.13 Å². The van der Waals surface area contributed by atoms with Crippen molar-refractivity contribution in [1.82, 2.24) is 20.4 Å². The Balaban J connectivity index is 0.000000315. The first-order valence-corrected chi connectivity index (χ1v) is 31.4. The van der Waals surface area contributed by atoms with Gasteiger partial charge in [0.25, 0.3) is 0 Å². The van der Waals surface area contributed by atoms with E-state index in [1.165, 1.54) is 0 Å². The highest BCUT2D eigenvalue weighted by Crippen LogP contribution is 2.47. The summed E-state index contributed by atoms with van der Waals surface area (Å²) in [6.45, 7) is 13.0. The van der Waals surface area contributed by atoms with Crippen molar-refractivity contribution in [1.29, 1.82) is 0 Å². The molecule has 2 heterocycles.